The fraction of sp³-hybridized carbons (Fsp3) is 0.312. The molecule has 0 radical (unpaired) electrons. The van der Waals surface area contributed by atoms with Crippen LogP contribution in [0.2, 0.25) is 0 Å². The Morgan fingerprint density at radius 1 is 1.42 bits per heavy atom. The minimum Gasteiger partial charge on any atom is -0.444 e. The molecule has 0 spiro atoms. The third-order valence-corrected chi connectivity index (χ3v) is 4.16. The van der Waals surface area contributed by atoms with Gasteiger partial charge in [0.1, 0.15) is 10.6 Å². The summed E-state index contributed by atoms with van der Waals surface area (Å²) in [4.78, 5) is 16.6. The van der Waals surface area contributed by atoms with Gasteiger partial charge in [0.2, 0.25) is 0 Å². The molecule has 0 saturated heterocycles. The number of halogens is 1. The Labute approximate surface area is 159 Å². The summed E-state index contributed by atoms with van der Waals surface area (Å²) in [6, 6.07) is 7.92. The summed E-state index contributed by atoms with van der Waals surface area (Å²) in [6.45, 7) is 5.61. The number of hydrogen-bond acceptors (Lipinski definition) is 5. The molecule has 1 amide bonds. The van der Waals surface area contributed by atoms with E-state index in [1.54, 1.807) is 0 Å². The Bertz CT molecular complexity index is 741. The summed E-state index contributed by atoms with van der Waals surface area (Å²) in [5, 5.41) is 8.27. The topological polar surface area (TPSA) is 63.2 Å². The lowest BCUT2D eigenvalue weighted by Crippen LogP contribution is -2.36. The van der Waals surface area contributed by atoms with Gasteiger partial charge in [-0.15, -0.1) is 11.3 Å². The Kier molecular flexibility index (Phi) is 6.31. The molecule has 0 fully saturated rings. The van der Waals surface area contributed by atoms with Gasteiger partial charge in [0, 0.05) is 15.4 Å². The number of nitrogens with zero attached hydrogens (tertiary/aromatic N) is 1. The highest BCUT2D eigenvalue weighted by atomic mass is 79.9. The van der Waals surface area contributed by atoms with Crippen molar-refractivity contribution in [1.29, 1.82) is 0 Å². The van der Waals surface area contributed by atoms with Gasteiger partial charge in [-0.1, -0.05) is 40.3 Å². The number of hydrogen-bond donors (Lipinski definition) is 2. The highest BCUT2D eigenvalue weighted by molar-refractivity contribution is 9.10. The SMILES string of the molecule is CC(C)(C)OC(=O)NCC(=S)Nc1nc(-c2cccc(Br)c2)cs1. The molecular weight excluding hydrogens is 410 g/mol. The smallest absolute Gasteiger partial charge is 0.408 e. The summed E-state index contributed by atoms with van der Waals surface area (Å²) in [7, 11) is 0. The van der Waals surface area contributed by atoms with Crippen molar-refractivity contribution in [1.82, 2.24) is 10.3 Å². The van der Waals surface area contributed by atoms with Gasteiger partial charge >= 0.3 is 6.09 Å². The lowest BCUT2D eigenvalue weighted by Gasteiger charge is -2.19. The first-order valence-electron chi connectivity index (χ1n) is 7.21. The van der Waals surface area contributed by atoms with Crippen molar-refractivity contribution in [3.8, 4) is 11.3 Å². The molecule has 1 heterocycles. The zero-order chi connectivity index (χ0) is 17.7. The second-order valence-electron chi connectivity index (χ2n) is 5.95. The van der Waals surface area contributed by atoms with Crippen LogP contribution in [-0.4, -0.2) is 28.2 Å². The van der Waals surface area contributed by atoms with Crippen LogP contribution in [0.3, 0.4) is 0 Å². The van der Waals surface area contributed by atoms with E-state index in [0.29, 0.717) is 10.1 Å². The summed E-state index contributed by atoms with van der Waals surface area (Å²) in [6.07, 6.45) is -0.499. The summed E-state index contributed by atoms with van der Waals surface area (Å²) in [5.41, 5.74) is 1.35. The molecule has 0 aliphatic rings. The third kappa shape index (κ3) is 6.18. The number of ether oxygens (including phenoxy) is 1. The number of anilines is 1. The lowest BCUT2D eigenvalue weighted by atomic mass is 10.2. The van der Waals surface area contributed by atoms with Crippen LogP contribution in [0.5, 0.6) is 0 Å². The molecule has 0 aliphatic carbocycles. The first-order chi connectivity index (χ1) is 11.2. The van der Waals surface area contributed by atoms with Crippen molar-refractivity contribution in [3.63, 3.8) is 0 Å². The maximum absolute atomic E-state index is 11.6. The van der Waals surface area contributed by atoms with Crippen LogP contribution in [0.4, 0.5) is 9.93 Å². The molecule has 0 bridgehead atoms. The van der Waals surface area contributed by atoms with Crippen molar-refractivity contribution < 1.29 is 9.53 Å². The zero-order valence-electron chi connectivity index (χ0n) is 13.6. The van der Waals surface area contributed by atoms with Gasteiger partial charge in [-0.05, 0) is 32.9 Å². The number of benzene rings is 1. The summed E-state index contributed by atoms with van der Waals surface area (Å²) in [5.74, 6) is 0. The van der Waals surface area contributed by atoms with Crippen molar-refractivity contribution in [3.05, 3.63) is 34.1 Å². The number of alkyl carbamates (subject to hydrolysis) is 1. The Morgan fingerprint density at radius 2 is 2.17 bits per heavy atom. The fourth-order valence-corrected chi connectivity index (χ4v) is 3.12. The molecule has 0 unspecified atom stereocenters. The molecule has 5 nitrogen and oxygen atoms in total. The molecule has 0 atom stereocenters. The monoisotopic (exact) mass is 427 g/mol. The molecule has 8 heteroatoms. The molecule has 128 valence electrons. The van der Waals surface area contributed by atoms with Crippen LogP contribution < -0.4 is 10.6 Å². The molecule has 1 aromatic carbocycles. The van der Waals surface area contributed by atoms with E-state index in [1.807, 2.05) is 50.4 Å². The normalized spacial score (nSPS) is 11.0. The van der Waals surface area contributed by atoms with Crippen LogP contribution in [0, 0.1) is 0 Å². The maximum Gasteiger partial charge on any atom is 0.408 e. The average molecular weight is 428 g/mol. The van der Waals surface area contributed by atoms with E-state index >= 15 is 0 Å². The number of nitrogens with one attached hydrogen (secondary N) is 2. The minimum atomic E-state index is -0.534. The van der Waals surface area contributed by atoms with Gasteiger partial charge in [0.05, 0.1) is 12.2 Å². The lowest BCUT2D eigenvalue weighted by molar-refractivity contribution is 0.0536. The molecule has 0 saturated carbocycles. The minimum absolute atomic E-state index is 0.191. The van der Waals surface area contributed by atoms with Crippen LogP contribution in [-0.2, 0) is 4.74 Å². The average Bonchev–Trinajstić information content (AvgIpc) is 2.92. The molecule has 2 N–H and O–H groups in total. The van der Waals surface area contributed by atoms with Crippen molar-refractivity contribution in [2.75, 3.05) is 11.9 Å². The van der Waals surface area contributed by atoms with Crippen LogP contribution in [0.15, 0.2) is 34.1 Å². The molecule has 0 aliphatic heterocycles. The van der Waals surface area contributed by atoms with Gasteiger partial charge in [-0.3, -0.25) is 0 Å². The van der Waals surface area contributed by atoms with E-state index < -0.39 is 11.7 Å². The largest absolute Gasteiger partial charge is 0.444 e. The highest BCUT2D eigenvalue weighted by Gasteiger charge is 2.16. The Balaban J connectivity index is 1.88. The van der Waals surface area contributed by atoms with E-state index in [1.165, 1.54) is 11.3 Å². The van der Waals surface area contributed by atoms with Gasteiger partial charge < -0.3 is 15.4 Å². The standard InChI is InChI=1S/C16H18BrN3O2S2/c1-16(2,3)22-15(21)18-8-13(23)20-14-19-12(9-24-14)10-5-4-6-11(17)7-10/h4-7,9H,8H2,1-3H3,(H,18,21)(H,19,20,23). The number of carbonyl (C=O) groups excluding carboxylic acids is 1. The van der Waals surface area contributed by atoms with Gasteiger partial charge in [0.15, 0.2) is 5.13 Å². The van der Waals surface area contributed by atoms with E-state index in [-0.39, 0.29) is 6.54 Å². The van der Waals surface area contributed by atoms with Crippen molar-refractivity contribution >= 4 is 55.7 Å². The maximum atomic E-state index is 11.6. The quantitative estimate of drug-likeness (QED) is 0.683. The zero-order valence-corrected chi connectivity index (χ0v) is 16.8. The number of carbonyl (C=O) groups is 1. The molecule has 24 heavy (non-hydrogen) atoms. The number of aromatic nitrogens is 1. The first kappa shape index (κ1) is 18.8. The molecule has 2 aromatic rings. The van der Waals surface area contributed by atoms with E-state index in [4.69, 9.17) is 17.0 Å². The third-order valence-electron chi connectivity index (χ3n) is 2.66. The van der Waals surface area contributed by atoms with Crippen molar-refractivity contribution in [2.24, 2.45) is 0 Å². The number of thiocarbonyl (C=S) groups is 1. The predicted molar refractivity (Wildman–Crippen MR) is 106 cm³/mol. The van der Waals surface area contributed by atoms with E-state index in [0.717, 1.165) is 15.7 Å². The first-order valence-corrected chi connectivity index (χ1v) is 9.29. The molecule has 2 rings (SSSR count). The second kappa shape index (κ2) is 8.04. The second-order valence-corrected chi connectivity index (χ2v) is 8.22. The van der Waals surface area contributed by atoms with Crippen molar-refractivity contribution in [2.45, 2.75) is 26.4 Å². The number of thiazole rings is 1. The number of rotatable bonds is 4. The molecule has 1 aromatic heterocycles. The van der Waals surface area contributed by atoms with Gasteiger partial charge in [0.25, 0.3) is 0 Å². The van der Waals surface area contributed by atoms with Crippen LogP contribution >= 0.6 is 39.5 Å². The van der Waals surface area contributed by atoms with Gasteiger partial charge in [-0.2, -0.15) is 0 Å². The summed E-state index contributed by atoms with van der Waals surface area (Å²) >= 11 is 10.1. The molecular formula is C16H18BrN3O2S2. The van der Waals surface area contributed by atoms with Crippen LogP contribution in [0.1, 0.15) is 20.8 Å². The summed E-state index contributed by atoms with van der Waals surface area (Å²) < 4.78 is 6.16. The fourth-order valence-electron chi connectivity index (χ4n) is 1.74. The van der Waals surface area contributed by atoms with Crippen LogP contribution in [0.25, 0.3) is 11.3 Å². The van der Waals surface area contributed by atoms with E-state index in [9.17, 15) is 4.79 Å². The Hall–Kier alpha value is -1.51. The Morgan fingerprint density at radius 3 is 2.83 bits per heavy atom. The van der Waals surface area contributed by atoms with Gasteiger partial charge in [-0.25, -0.2) is 9.78 Å². The highest BCUT2D eigenvalue weighted by Crippen LogP contribution is 2.26. The predicted octanol–water partition coefficient (Wildman–Crippen LogP) is 4.84. The number of amides is 1. The van der Waals surface area contributed by atoms with E-state index in [2.05, 4.69) is 31.5 Å².